The molecule has 0 radical (unpaired) electrons. The molecule has 7 nitrogen and oxygen atoms in total. The number of anilines is 1. The quantitative estimate of drug-likeness (QED) is 0.600. The van der Waals surface area contributed by atoms with Crippen LogP contribution in [0.1, 0.15) is 30.7 Å². The van der Waals surface area contributed by atoms with Gasteiger partial charge in [0.2, 0.25) is 0 Å². The molecule has 0 aliphatic rings. The number of nitrogens with zero attached hydrogens (tertiary/aromatic N) is 3. The van der Waals surface area contributed by atoms with Crippen molar-refractivity contribution in [3.8, 4) is 17.3 Å². The molecule has 2 amide bonds. The van der Waals surface area contributed by atoms with Gasteiger partial charge in [0.15, 0.2) is 0 Å². The van der Waals surface area contributed by atoms with Gasteiger partial charge >= 0.3 is 12.0 Å². The second kappa shape index (κ2) is 8.75. The number of halogens is 1. The number of nitrogens with one attached hydrogen (secondary N) is 2. The van der Waals surface area contributed by atoms with Crippen LogP contribution in [-0.4, -0.2) is 28.1 Å². The zero-order chi connectivity index (χ0) is 21.0. The largest absolute Gasteiger partial charge is 0.467 e. The maximum absolute atomic E-state index is 12.3. The number of benzene rings is 1. The van der Waals surface area contributed by atoms with Crippen molar-refractivity contribution in [3.05, 3.63) is 51.6 Å². The number of methoxy groups -OCH3 is 1. The van der Waals surface area contributed by atoms with Crippen LogP contribution in [0.3, 0.4) is 0 Å². The number of hydrogen-bond donors (Lipinski definition) is 2. The van der Waals surface area contributed by atoms with Gasteiger partial charge < -0.3 is 15.4 Å². The van der Waals surface area contributed by atoms with Gasteiger partial charge in [-0.05, 0) is 12.1 Å². The van der Waals surface area contributed by atoms with Crippen molar-refractivity contribution in [2.24, 2.45) is 0 Å². The minimum Gasteiger partial charge on any atom is -0.467 e. The maximum atomic E-state index is 12.3. The van der Waals surface area contributed by atoms with Gasteiger partial charge in [-0.2, -0.15) is 0 Å². The number of rotatable bonds is 5. The Bertz CT molecular complexity index is 999. The summed E-state index contributed by atoms with van der Waals surface area (Å²) in [4.78, 5) is 26.0. The molecule has 0 aliphatic carbocycles. The van der Waals surface area contributed by atoms with Gasteiger partial charge in [-0.1, -0.05) is 44.5 Å². The normalized spacial score (nSPS) is 11.2. The van der Waals surface area contributed by atoms with E-state index in [0.29, 0.717) is 17.3 Å². The summed E-state index contributed by atoms with van der Waals surface area (Å²) in [5, 5.41) is 7.20. The first kappa shape index (κ1) is 21.0. The van der Waals surface area contributed by atoms with Gasteiger partial charge in [0, 0.05) is 16.0 Å². The van der Waals surface area contributed by atoms with Crippen molar-refractivity contribution in [2.75, 3.05) is 12.4 Å². The molecule has 9 heteroatoms. The van der Waals surface area contributed by atoms with E-state index in [0.717, 1.165) is 21.1 Å². The van der Waals surface area contributed by atoms with Crippen LogP contribution in [0.4, 0.5) is 10.5 Å². The lowest BCUT2D eigenvalue weighted by molar-refractivity contribution is 0.252. The van der Waals surface area contributed by atoms with Crippen molar-refractivity contribution in [1.82, 2.24) is 20.3 Å². The number of ether oxygens (including phenoxy) is 1. The molecule has 2 heterocycles. The van der Waals surface area contributed by atoms with Crippen molar-refractivity contribution in [3.63, 3.8) is 0 Å². The second-order valence-electron chi connectivity index (χ2n) is 7.32. The smallest absolute Gasteiger partial charge is 0.319 e. The first-order valence-corrected chi connectivity index (χ1v) is 10.1. The summed E-state index contributed by atoms with van der Waals surface area (Å²) < 4.78 is 4.91. The molecule has 0 spiro atoms. The predicted molar refractivity (Wildman–Crippen MR) is 116 cm³/mol. The van der Waals surface area contributed by atoms with Gasteiger partial charge in [0.1, 0.15) is 0 Å². The van der Waals surface area contributed by atoms with E-state index < -0.39 is 0 Å². The van der Waals surface area contributed by atoms with E-state index in [1.54, 1.807) is 11.3 Å². The van der Waals surface area contributed by atoms with Crippen molar-refractivity contribution in [1.29, 1.82) is 0 Å². The van der Waals surface area contributed by atoms with E-state index in [2.05, 4.69) is 41.4 Å². The topological polar surface area (TPSA) is 89.0 Å². The molecule has 152 valence electrons. The van der Waals surface area contributed by atoms with Gasteiger partial charge in [-0.3, -0.25) is 0 Å². The standard InChI is InChI=1S/C20H22ClN5O2S/c1-20(2,3)17-26-16(12-6-5-7-13(21)8-12)15(29-17)11-22-18(27)25-14-9-23-19(28-4)24-10-14/h5-10H,11H2,1-4H3,(H2,22,25,27). The lowest BCUT2D eigenvalue weighted by Gasteiger charge is -2.13. The summed E-state index contributed by atoms with van der Waals surface area (Å²) in [7, 11) is 1.48. The average molecular weight is 432 g/mol. The minimum atomic E-state index is -0.360. The monoisotopic (exact) mass is 431 g/mol. The zero-order valence-electron chi connectivity index (χ0n) is 16.6. The van der Waals surface area contributed by atoms with Crippen LogP contribution in [0.25, 0.3) is 11.3 Å². The Morgan fingerprint density at radius 2 is 1.97 bits per heavy atom. The molecular weight excluding hydrogens is 410 g/mol. The van der Waals surface area contributed by atoms with Gasteiger partial charge in [0.05, 0.1) is 47.3 Å². The predicted octanol–water partition coefficient (Wildman–Crippen LogP) is 4.88. The summed E-state index contributed by atoms with van der Waals surface area (Å²) in [6.07, 6.45) is 2.96. The number of urea groups is 1. The van der Waals surface area contributed by atoms with Crippen LogP contribution in [0.2, 0.25) is 5.02 Å². The fourth-order valence-corrected chi connectivity index (χ4v) is 3.75. The summed E-state index contributed by atoms with van der Waals surface area (Å²) in [6, 6.07) is 7.43. The van der Waals surface area contributed by atoms with Crippen molar-refractivity contribution in [2.45, 2.75) is 32.7 Å². The Morgan fingerprint density at radius 3 is 2.59 bits per heavy atom. The van der Waals surface area contributed by atoms with Crippen LogP contribution in [0.15, 0.2) is 36.7 Å². The molecule has 29 heavy (non-hydrogen) atoms. The third-order valence-corrected chi connectivity index (χ3v) is 5.63. The molecule has 2 N–H and O–H groups in total. The molecule has 0 saturated heterocycles. The third-order valence-electron chi connectivity index (χ3n) is 3.92. The molecule has 3 rings (SSSR count). The fourth-order valence-electron chi connectivity index (χ4n) is 2.48. The molecule has 0 unspecified atom stereocenters. The summed E-state index contributed by atoms with van der Waals surface area (Å²) in [6.45, 7) is 6.67. The molecule has 0 fully saturated rings. The minimum absolute atomic E-state index is 0.0983. The number of hydrogen-bond acceptors (Lipinski definition) is 6. The second-order valence-corrected chi connectivity index (χ2v) is 8.84. The molecule has 0 aliphatic heterocycles. The van der Waals surface area contributed by atoms with E-state index in [1.165, 1.54) is 19.5 Å². The Hall–Kier alpha value is -2.71. The first-order chi connectivity index (χ1) is 13.8. The highest BCUT2D eigenvalue weighted by molar-refractivity contribution is 7.12. The number of amides is 2. The first-order valence-electron chi connectivity index (χ1n) is 8.93. The molecule has 2 aromatic heterocycles. The SMILES string of the molecule is COc1ncc(NC(=O)NCc2sc(C(C)(C)C)nc2-c2cccc(Cl)c2)cn1. The maximum Gasteiger partial charge on any atom is 0.319 e. The highest BCUT2D eigenvalue weighted by Gasteiger charge is 2.22. The van der Waals surface area contributed by atoms with E-state index >= 15 is 0 Å². The number of carbonyl (C=O) groups is 1. The van der Waals surface area contributed by atoms with Crippen LogP contribution in [0, 0.1) is 0 Å². The molecule has 0 atom stereocenters. The van der Waals surface area contributed by atoms with E-state index in [-0.39, 0.29) is 17.5 Å². The zero-order valence-corrected chi connectivity index (χ0v) is 18.2. The van der Waals surface area contributed by atoms with E-state index in [4.69, 9.17) is 21.3 Å². The van der Waals surface area contributed by atoms with Gasteiger partial charge in [-0.25, -0.2) is 19.7 Å². The molecule has 0 bridgehead atoms. The average Bonchev–Trinajstić information content (AvgIpc) is 3.12. The van der Waals surface area contributed by atoms with E-state index in [9.17, 15) is 4.79 Å². The molecule has 1 aromatic carbocycles. The molecule has 3 aromatic rings. The van der Waals surface area contributed by atoms with Gasteiger partial charge in [-0.15, -0.1) is 11.3 Å². The molecular formula is C20H22ClN5O2S. The van der Waals surface area contributed by atoms with Gasteiger partial charge in [0.25, 0.3) is 0 Å². The highest BCUT2D eigenvalue weighted by atomic mass is 35.5. The number of carbonyl (C=O) groups excluding carboxylic acids is 1. The Morgan fingerprint density at radius 1 is 1.24 bits per heavy atom. The molecule has 0 saturated carbocycles. The number of thiazole rings is 1. The Balaban J connectivity index is 1.76. The van der Waals surface area contributed by atoms with E-state index in [1.807, 2.05) is 24.3 Å². The Labute approximate surface area is 178 Å². The summed E-state index contributed by atoms with van der Waals surface area (Å²) in [5.41, 5.74) is 2.12. The van der Waals surface area contributed by atoms with Crippen LogP contribution >= 0.6 is 22.9 Å². The summed E-state index contributed by atoms with van der Waals surface area (Å²) in [5.74, 6) is 0. The van der Waals surface area contributed by atoms with Crippen LogP contribution in [-0.2, 0) is 12.0 Å². The lowest BCUT2D eigenvalue weighted by atomic mass is 9.98. The van der Waals surface area contributed by atoms with Crippen molar-refractivity contribution < 1.29 is 9.53 Å². The lowest BCUT2D eigenvalue weighted by Crippen LogP contribution is -2.28. The van der Waals surface area contributed by atoms with Crippen LogP contribution in [0.5, 0.6) is 6.01 Å². The Kier molecular flexibility index (Phi) is 6.34. The third kappa shape index (κ3) is 5.42. The van der Waals surface area contributed by atoms with Crippen molar-refractivity contribution >= 4 is 34.7 Å². The van der Waals surface area contributed by atoms with Crippen LogP contribution < -0.4 is 15.4 Å². The number of aromatic nitrogens is 3. The summed E-state index contributed by atoms with van der Waals surface area (Å²) >= 11 is 7.74. The highest BCUT2D eigenvalue weighted by Crippen LogP contribution is 2.35. The fraction of sp³-hybridized carbons (Fsp3) is 0.300.